The molecule has 2 nitrogen and oxygen atoms in total. The largest absolute Gasteiger partial charge is 0.254 e. The summed E-state index contributed by atoms with van der Waals surface area (Å²) in [6.07, 6.45) is 6.07. The van der Waals surface area contributed by atoms with Gasteiger partial charge in [0.15, 0.2) is 0 Å². The molecule has 0 atom stereocenters. The highest BCUT2D eigenvalue weighted by atomic mass is 14.7. The molecule has 0 aliphatic heterocycles. The zero-order valence-electron chi connectivity index (χ0n) is 17.3. The molecule has 7 aromatic rings. The smallest absolute Gasteiger partial charge is 0.0971 e. The molecule has 5 aromatic carbocycles. The molecule has 0 saturated carbocycles. The van der Waals surface area contributed by atoms with Crippen molar-refractivity contribution in [2.24, 2.45) is 0 Å². The number of hydrogen-bond acceptors (Lipinski definition) is 2. The van der Waals surface area contributed by atoms with Crippen LogP contribution in [0.25, 0.3) is 66.3 Å². The maximum Gasteiger partial charge on any atom is 0.0971 e. The first-order valence-electron chi connectivity index (χ1n) is 10.8. The first-order valence-corrected chi connectivity index (χ1v) is 10.8. The van der Waals surface area contributed by atoms with Crippen LogP contribution in [0.4, 0.5) is 0 Å². The van der Waals surface area contributed by atoms with Crippen LogP contribution in [0.5, 0.6) is 0 Å². The van der Waals surface area contributed by atoms with Crippen molar-refractivity contribution in [1.82, 2.24) is 9.97 Å². The Labute approximate surface area is 184 Å². The SMILES string of the molecule is C(=C\c1ccc2ccc3cccnc3c2n1)/c1cc2ccc3cccc4ccc(c1)c2c34. The molecule has 0 N–H and O–H groups in total. The van der Waals surface area contributed by atoms with Crippen LogP contribution in [-0.4, -0.2) is 9.97 Å². The van der Waals surface area contributed by atoms with Gasteiger partial charge in [0.25, 0.3) is 0 Å². The van der Waals surface area contributed by atoms with Gasteiger partial charge in [0.05, 0.1) is 16.7 Å². The molecule has 7 rings (SSSR count). The Bertz CT molecular complexity index is 1760. The number of pyridine rings is 2. The van der Waals surface area contributed by atoms with Gasteiger partial charge in [-0.3, -0.25) is 4.98 Å². The van der Waals surface area contributed by atoms with E-state index in [-0.39, 0.29) is 0 Å². The van der Waals surface area contributed by atoms with E-state index >= 15 is 0 Å². The average molecular weight is 406 g/mol. The second kappa shape index (κ2) is 6.60. The van der Waals surface area contributed by atoms with Gasteiger partial charge in [-0.15, -0.1) is 0 Å². The van der Waals surface area contributed by atoms with Crippen LogP contribution in [0.2, 0.25) is 0 Å². The van der Waals surface area contributed by atoms with E-state index in [1.54, 1.807) is 0 Å². The summed E-state index contributed by atoms with van der Waals surface area (Å²) in [5.74, 6) is 0. The van der Waals surface area contributed by atoms with Crippen LogP contribution in [0.15, 0.2) is 97.2 Å². The van der Waals surface area contributed by atoms with E-state index in [0.717, 1.165) is 27.5 Å². The Balaban J connectivity index is 1.36. The van der Waals surface area contributed by atoms with Gasteiger partial charge >= 0.3 is 0 Å². The maximum absolute atomic E-state index is 4.91. The molecule has 2 heterocycles. The Kier molecular flexibility index (Phi) is 3.58. The molecule has 0 fully saturated rings. The van der Waals surface area contributed by atoms with Crippen molar-refractivity contribution < 1.29 is 0 Å². The molecule has 0 spiro atoms. The third-order valence-electron chi connectivity index (χ3n) is 6.39. The summed E-state index contributed by atoms with van der Waals surface area (Å²) in [7, 11) is 0. The second-order valence-corrected chi connectivity index (χ2v) is 8.33. The molecule has 32 heavy (non-hydrogen) atoms. The van der Waals surface area contributed by atoms with Crippen molar-refractivity contribution in [2.75, 3.05) is 0 Å². The van der Waals surface area contributed by atoms with Gasteiger partial charge in [0, 0.05) is 17.0 Å². The maximum atomic E-state index is 4.91. The van der Waals surface area contributed by atoms with E-state index in [0.29, 0.717) is 0 Å². The summed E-state index contributed by atoms with van der Waals surface area (Å²) in [6.45, 7) is 0. The van der Waals surface area contributed by atoms with Gasteiger partial charge in [0.2, 0.25) is 0 Å². The monoisotopic (exact) mass is 406 g/mol. The number of benzene rings is 5. The molecule has 0 bridgehead atoms. The number of nitrogens with zero attached hydrogens (tertiary/aromatic N) is 2. The summed E-state index contributed by atoms with van der Waals surface area (Å²) in [4.78, 5) is 9.47. The predicted molar refractivity (Wildman–Crippen MR) is 136 cm³/mol. The minimum atomic E-state index is 0.931. The molecule has 0 saturated heterocycles. The summed E-state index contributed by atoms with van der Waals surface area (Å²) >= 11 is 0. The highest BCUT2D eigenvalue weighted by Crippen LogP contribution is 2.35. The van der Waals surface area contributed by atoms with Crippen LogP contribution in [0.3, 0.4) is 0 Å². The van der Waals surface area contributed by atoms with Crippen molar-refractivity contribution in [3.05, 3.63) is 108 Å². The van der Waals surface area contributed by atoms with Gasteiger partial charge in [0.1, 0.15) is 0 Å². The van der Waals surface area contributed by atoms with E-state index in [1.165, 1.54) is 37.9 Å². The Hall–Kier alpha value is -4.30. The summed E-state index contributed by atoms with van der Waals surface area (Å²) in [5, 5.41) is 10.1. The predicted octanol–water partition coefficient (Wildman–Crippen LogP) is 7.85. The third kappa shape index (κ3) is 2.60. The minimum absolute atomic E-state index is 0.931. The lowest BCUT2D eigenvalue weighted by Gasteiger charge is -2.11. The molecule has 2 heteroatoms. The fourth-order valence-corrected chi connectivity index (χ4v) is 4.89. The summed E-state index contributed by atoms with van der Waals surface area (Å²) in [6, 6.07) is 32.4. The minimum Gasteiger partial charge on any atom is -0.254 e. The summed E-state index contributed by atoms with van der Waals surface area (Å²) < 4.78 is 0. The van der Waals surface area contributed by atoms with E-state index in [9.17, 15) is 0 Å². The van der Waals surface area contributed by atoms with Crippen LogP contribution >= 0.6 is 0 Å². The molecule has 0 aliphatic rings. The van der Waals surface area contributed by atoms with Gasteiger partial charge in [-0.2, -0.15) is 0 Å². The fraction of sp³-hybridized carbons (Fsp3) is 0. The number of hydrogen-bond donors (Lipinski definition) is 0. The van der Waals surface area contributed by atoms with E-state index in [1.807, 2.05) is 12.3 Å². The number of aromatic nitrogens is 2. The molecule has 0 aliphatic carbocycles. The molecule has 0 amide bonds. The third-order valence-corrected chi connectivity index (χ3v) is 6.39. The normalized spacial score (nSPS) is 12.2. The zero-order chi connectivity index (χ0) is 21.1. The Morgan fingerprint density at radius 1 is 0.500 bits per heavy atom. The molecule has 2 aromatic heterocycles. The lowest BCUT2D eigenvalue weighted by molar-refractivity contribution is 1.35. The van der Waals surface area contributed by atoms with Crippen molar-refractivity contribution >= 4 is 66.3 Å². The number of fused-ring (bicyclic) bond motifs is 3. The van der Waals surface area contributed by atoms with Crippen LogP contribution in [0.1, 0.15) is 11.3 Å². The van der Waals surface area contributed by atoms with Crippen molar-refractivity contribution in [1.29, 1.82) is 0 Å². The molecule has 0 radical (unpaired) electrons. The van der Waals surface area contributed by atoms with Crippen molar-refractivity contribution in [2.45, 2.75) is 0 Å². The highest BCUT2D eigenvalue weighted by Gasteiger charge is 2.08. The van der Waals surface area contributed by atoms with E-state index in [4.69, 9.17) is 4.98 Å². The molecule has 148 valence electrons. The number of rotatable bonds is 2. The average Bonchev–Trinajstić information content (AvgIpc) is 2.86. The van der Waals surface area contributed by atoms with Crippen LogP contribution in [0, 0.1) is 0 Å². The quantitative estimate of drug-likeness (QED) is 0.273. The van der Waals surface area contributed by atoms with Gasteiger partial charge in [-0.1, -0.05) is 72.8 Å². The lowest BCUT2D eigenvalue weighted by Crippen LogP contribution is -1.87. The zero-order valence-corrected chi connectivity index (χ0v) is 17.3. The highest BCUT2D eigenvalue weighted by molar-refractivity contribution is 6.23. The Morgan fingerprint density at radius 2 is 1.09 bits per heavy atom. The van der Waals surface area contributed by atoms with Gasteiger partial charge in [-0.05, 0) is 68.2 Å². The van der Waals surface area contributed by atoms with E-state index in [2.05, 4.69) is 102 Å². The van der Waals surface area contributed by atoms with Crippen molar-refractivity contribution in [3.8, 4) is 0 Å². The standard InChI is InChI=1S/C30H18N2/c1-3-20-7-11-24-17-19(18-25-12-8-21(4-1)27(20)28(24)25)6-14-26-15-13-23-10-9-22-5-2-16-31-29(22)30(23)32-26/h1-18H/b14-6+. The van der Waals surface area contributed by atoms with Crippen LogP contribution < -0.4 is 0 Å². The van der Waals surface area contributed by atoms with Gasteiger partial charge in [-0.25, -0.2) is 4.98 Å². The molecule has 0 unspecified atom stereocenters. The topological polar surface area (TPSA) is 25.8 Å². The fourth-order valence-electron chi connectivity index (χ4n) is 4.89. The first kappa shape index (κ1) is 17.4. The molecular weight excluding hydrogens is 388 g/mol. The Morgan fingerprint density at radius 3 is 1.88 bits per heavy atom. The summed E-state index contributed by atoms with van der Waals surface area (Å²) in [5.41, 5.74) is 4.00. The van der Waals surface area contributed by atoms with E-state index < -0.39 is 0 Å². The molecular formula is C30H18N2. The lowest BCUT2D eigenvalue weighted by atomic mass is 9.93. The van der Waals surface area contributed by atoms with Gasteiger partial charge < -0.3 is 0 Å². The second-order valence-electron chi connectivity index (χ2n) is 8.33. The van der Waals surface area contributed by atoms with Crippen molar-refractivity contribution in [3.63, 3.8) is 0 Å². The van der Waals surface area contributed by atoms with Crippen LogP contribution in [-0.2, 0) is 0 Å². The first-order chi connectivity index (χ1) is 15.8.